The van der Waals surface area contributed by atoms with Crippen LogP contribution in [0.1, 0.15) is 38.3 Å². The Balaban J connectivity index is 2.05. The minimum absolute atomic E-state index is 0.460. The van der Waals surface area contributed by atoms with Crippen LogP contribution in [0.4, 0.5) is 0 Å². The van der Waals surface area contributed by atoms with Crippen LogP contribution in [0.5, 0.6) is 11.5 Å². The first-order valence-electron chi connectivity index (χ1n) is 9.02. The van der Waals surface area contributed by atoms with Crippen LogP contribution in [0.25, 0.3) is 0 Å². The van der Waals surface area contributed by atoms with Crippen LogP contribution >= 0.6 is 27.5 Å². The molecule has 0 aliphatic heterocycles. The molecule has 0 bridgehead atoms. The molecule has 5 heteroatoms. The third-order valence-corrected chi connectivity index (χ3v) is 4.73. The molecule has 2 aromatic carbocycles. The van der Waals surface area contributed by atoms with E-state index in [1.54, 1.807) is 0 Å². The second-order valence-electron chi connectivity index (χ2n) is 6.61. The molecule has 0 aliphatic rings. The number of nitrogens with one attached hydrogen (secondary N) is 1. The van der Waals surface area contributed by atoms with Crippen molar-refractivity contribution in [2.45, 2.75) is 40.3 Å². The third-order valence-electron chi connectivity index (χ3n) is 3.89. The lowest BCUT2D eigenvalue weighted by Gasteiger charge is -2.16. The molecule has 2 aromatic rings. The van der Waals surface area contributed by atoms with E-state index in [-0.39, 0.29) is 0 Å². The number of hydrogen-bond acceptors (Lipinski definition) is 3. The van der Waals surface area contributed by atoms with Gasteiger partial charge in [-0.25, -0.2) is 0 Å². The molecule has 26 heavy (non-hydrogen) atoms. The summed E-state index contributed by atoms with van der Waals surface area (Å²) in [5.41, 5.74) is 2.23. The van der Waals surface area contributed by atoms with E-state index in [1.165, 1.54) is 12.0 Å². The Morgan fingerprint density at radius 1 is 1.08 bits per heavy atom. The summed E-state index contributed by atoms with van der Waals surface area (Å²) in [5.74, 6) is 2.20. The monoisotopic (exact) mass is 439 g/mol. The predicted octanol–water partition coefficient (Wildman–Crippen LogP) is 6.22. The third kappa shape index (κ3) is 6.82. The van der Waals surface area contributed by atoms with Gasteiger partial charge in [0.15, 0.2) is 11.5 Å². The molecule has 0 radical (unpaired) electrons. The van der Waals surface area contributed by atoms with Crippen molar-refractivity contribution in [3.8, 4) is 11.5 Å². The fourth-order valence-electron chi connectivity index (χ4n) is 2.49. The van der Waals surface area contributed by atoms with Crippen LogP contribution in [0.15, 0.2) is 40.9 Å². The van der Waals surface area contributed by atoms with Gasteiger partial charge in [-0.1, -0.05) is 37.6 Å². The van der Waals surface area contributed by atoms with Gasteiger partial charge in [-0.2, -0.15) is 0 Å². The van der Waals surface area contributed by atoms with E-state index >= 15 is 0 Å². The highest BCUT2D eigenvalue weighted by molar-refractivity contribution is 9.10. The summed E-state index contributed by atoms with van der Waals surface area (Å²) in [6.45, 7) is 9.31. The molecule has 0 aliphatic carbocycles. The lowest BCUT2D eigenvalue weighted by Crippen LogP contribution is -2.16. The minimum Gasteiger partial charge on any atom is -0.490 e. The number of halogens is 2. The van der Waals surface area contributed by atoms with Crippen LogP contribution in [-0.4, -0.2) is 13.2 Å². The normalized spacial score (nSPS) is 11.0. The van der Waals surface area contributed by atoms with E-state index < -0.39 is 0 Å². The first kappa shape index (κ1) is 21.1. The largest absolute Gasteiger partial charge is 0.490 e. The molecule has 2 rings (SSSR count). The van der Waals surface area contributed by atoms with Gasteiger partial charge in [-0.05, 0) is 77.1 Å². The summed E-state index contributed by atoms with van der Waals surface area (Å²) in [7, 11) is 0. The van der Waals surface area contributed by atoms with Gasteiger partial charge in [0.05, 0.1) is 11.1 Å². The first-order valence-corrected chi connectivity index (χ1v) is 10.2. The summed E-state index contributed by atoms with van der Waals surface area (Å²) in [4.78, 5) is 0. The Labute approximate surface area is 170 Å². The fourth-order valence-corrected chi connectivity index (χ4v) is 3.22. The van der Waals surface area contributed by atoms with E-state index in [4.69, 9.17) is 21.1 Å². The minimum atomic E-state index is 0.460. The van der Waals surface area contributed by atoms with Crippen molar-refractivity contribution in [3.63, 3.8) is 0 Å². The van der Waals surface area contributed by atoms with E-state index in [0.29, 0.717) is 19.1 Å². The molecule has 142 valence electrons. The molecular formula is C21H27BrClNO2. The topological polar surface area (TPSA) is 30.5 Å². The van der Waals surface area contributed by atoms with Gasteiger partial charge in [-0.3, -0.25) is 0 Å². The van der Waals surface area contributed by atoms with E-state index in [1.807, 2.05) is 37.3 Å². The van der Waals surface area contributed by atoms with Gasteiger partial charge in [-0.15, -0.1) is 0 Å². The van der Waals surface area contributed by atoms with Crippen LogP contribution in [-0.2, 0) is 13.2 Å². The van der Waals surface area contributed by atoms with Crippen molar-refractivity contribution in [2.75, 3.05) is 13.2 Å². The number of ether oxygens (including phenoxy) is 2. The Hall–Kier alpha value is -1.23. The molecular weight excluding hydrogens is 414 g/mol. The molecule has 3 nitrogen and oxygen atoms in total. The van der Waals surface area contributed by atoms with Crippen LogP contribution in [0.3, 0.4) is 0 Å². The maximum Gasteiger partial charge on any atom is 0.175 e. The standard InChI is InChI=1S/C21H27BrClNO2/c1-4-25-20-12-17(13-24-10-9-15(2)3)11-19(22)21(20)26-14-16-5-7-18(23)8-6-16/h5-8,11-12,15,24H,4,9-10,13-14H2,1-3H3. The lowest BCUT2D eigenvalue weighted by molar-refractivity contribution is 0.267. The highest BCUT2D eigenvalue weighted by Crippen LogP contribution is 2.37. The Morgan fingerprint density at radius 3 is 2.46 bits per heavy atom. The highest BCUT2D eigenvalue weighted by Gasteiger charge is 2.13. The highest BCUT2D eigenvalue weighted by atomic mass is 79.9. The van der Waals surface area contributed by atoms with Gasteiger partial charge in [0.2, 0.25) is 0 Å². The van der Waals surface area contributed by atoms with Crippen LogP contribution in [0.2, 0.25) is 5.02 Å². The van der Waals surface area contributed by atoms with Gasteiger partial charge in [0.25, 0.3) is 0 Å². The maximum absolute atomic E-state index is 6.02. The zero-order valence-corrected chi connectivity index (χ0v) is 18.0. The fraction of sp³-hybridized carbons (Fsp3) is 0.429. The molecule has 0 saturated heterocycles. The van der Waals surface area contributed by atoms with Gasteiger partial charge in [0.1, 0.15) is 6.61 Å². The summed E-state index contributed by atoms with van der Waals surface area (Å²) >= 11 is 9.56. The van der Waals surface area contributed by atoms with Crippen molar-refractivity contribution in [1.29, 1.82) is 0 Å². The van der Waals surface area contributed by atoms with E-state index in [0.717, 1.165) is 39.6 Å². The first-order chi connectivity index (χ1) is 12.5. The van der Waals surface area contributed by atoms with Crippen molar-refractivity contribution in [1.82, 2.24) is 5.32 Å². The number of rotatable bonds is 10. The SMILES string of the molecule is CCOc1cc(CNCCC(C)C)cc(Br)c1OCc1ccc(Cl)cc1. The molecule has 0 amide bonds. The lowest BCUT2D eigenvalue weighted by atomic mass is 10.1. The van der Waals surface area contributed by atoms with Gasteiger partial charge < -0.3 is 14.8 Å². The van der Waals surface area contributed by atoms with Crippen molar-refractivity contribution >= 4 is 27.5 Å². The van der Waals surface area contributed by atoms with E-state index in [2.05, 4.69) is 41.2 Å². The molecule has 0 heterocycles. The van der Waals surface area contributed by atoms with Crippen molar-refractivity contribution in [3.05, 3.63) is 57.0 Å². The molecule has 0 spiro atoms. The Bertz CT molecular complexity index is 689. The molecule has 0 fully saturated rings. The zero-order chi connectivity index (χ0) is 18.9. The van der Waals surface area contributed by atoms with Gasteiger partial charge in [0, 0.05) is 11.6 Å². The van der Waals surface area contributed by atoms with Crippen molar-refractivity contribution in [2.24, 2.45) is 5.92 Å². The summed E-state index contributed by atoms with van der Waals surface area (Å²) in [5, 5.41) is 4.20. The summed E-state index contributed by atoms with van der Waals surface area (Å²) < 4.78 is 12.7. The Kier molecular flexibility index (Phi) is 8.76. The average Bonchev–Trinajstić information content (AvgIpc) is 2.59. The second kappa shape index (κ2) is 10.8. The zero-order valence-electron chi connectivity index (χ0n) is 15.6. The van der Waals surface area contributed by atoms with Crippen LogP contribution < -0.4 is 14.8 Å². The number of benzene rings is 2. The van der Waals surface area contributed by atoms with E-state index in [9.17, 15) is 0 Å². The molecule has 0 atom stereocenters. The smallest absolute Gasteiger partial charge is 0.175 e. The molecule has 0 aromatic heterocycles. The Morgan fingerprint density at radius 2 is 1.81 bits per heavy atom. The predicted molar refractivity (Wildman–Crippen MR) is 112 cm³/mol. The average molecular weight is 441 g/mol. The molecule has 0 saturated carbocycles. The van der Waals surface area contributed by atoms with Crippen molar-refractivity contribution < 1.29 is 9.47 Å². The molecule has 1 N–H and O–H groups in total. The van der Waals surface area contributed by atoms with Gasteiger partial charge >= 0.3 is 0 Å². The number of hydrogen-bond donors (Lipinski definition) is 1. The second-order valence-corrected chi connectivity index (χ2v) is 7.90. The molecule has 0 unspecified atom stereocenters. The van der Waals surface area contributed by atoms with Crippen LogP contribution in [0, 0.1) is 5.92 Å². The summed E-state index contributed by atoms with van der Waals surface area (Å²) in [6, 6.07) is 11.8. The quantitative estimate of drug-likeness (QED) is 0.445. The maximum atomic E-state index is 6.02. The summed E-state index contributed by atoms with van der Waals surface area (Å²) in [6.07, 6.45) is 1.17.